The summed E-state index contributed by atoms with van der Waals surface area (Å²) in [5.41, 5.74) is 0. The van der Waals surface area contributed by atoms with Crippen molar-refractivity contribution in [3.63, 3.8) is 0 Å². The molecule has 1 N–H and O–H groups in total. The second-order valence-electron chi connectivity index (χ2n) is 2.75. The minimum absolute atomic E-state index is 0.190. The molecule has 1 atom stereocenters. The summed E-state index contributed by atoms with van der Waals surface area (Å²) in [6, 6.07) is 8.24. The number of hydrogen-bond acceptors (Lipinski definition) is 3. The van der Waals surface area contributed by atoms with Crippen LogP contribution in [0.15, 0.2) is 40.3 Å². The lowest BCUT2D eigenvalue weighted by Crippen LogP contribution is -2.15. The zero-order chi connectivity index (χ0) is 9.10. The Balaban J connectivity index is 2.29. The molecule has 2 heterocycles. The largest absolute Gasteiger partial charge is 0.467 e. The van der Waals surface area contributed by atoms with Crippen LogP contribution in [0.25, 0.3) is 0 Å². The summed E-state index contributed by atoms with van der Waals surface area (Å²) in [4.78, 5) is 1.28. The molecule has 0 aliphatic carbocycles. The average Bonchev–Trinajstić information content (AvgIpc) is 2.76. The van der Waals surface area contributed by atoms with Gasteiger partial charge in [0.15, 0.2) is 0 Å². The quantitative estimate of drug-likeness (QED) is 0.810. The molecule has 68 valence electrons. The van der Waals surface area contributed by atoms with E-state index < -0.39 is 0 Å². The molecule has 0 fully saturated rings. The minimum Gasteiger partial charge on any atom is -0.467 e. The third kappa shape index (κ3) is 1.66. The van der Waals surface area contributed by atoms with Crippen molar-refractivity contribution in [2.24, 2.45) is 0 Å². The van der Waals surface area contributed by atoms with Crippen LogP contribution in [0.1, 0.15) is 16.7 Å². The molecule has 0 spiro atoms. The average molecular weight is 193 g/mol. The zero-order valence-corrected chi connectivity index (χ0v) is 8.17. The maximum Gasteiger partial charge on any atom is 0.126 e. The molecule has 0 saturated heterocycles. The molecule has 13 heavy (non-hydrogen) atoms. The third-order valence-electron chi connectivity index (χ3n) is 1.94. The monoisotopic (exact) mass is 193 g/mol. The number of nitrogens with one attached hydrogen (secondary N) is 1. The van der Waals surface area contributed by atoms with Crippen molar-refractivity contribution in [3.05, 3.63) is 46.5 Å². The Hall–Kier alpha value is -1.06. The number of rotatable bonds is 3. The first-order chi connectivity index (χ1) is 6.42. The second-order valence-corrected chi connectivity index (χ2v) is 3.73. The summed E-state index contributed by atoms with van der Waals surface area (Å²) in [5.74, 6) is 0.963. The molecule has 0 aromatic carbocycles. The lowest BCUT2D eigenvalue weighted by atomic mass is 10.2. The van der Waals surface area contributed by atoms with E-state index in [2.05, 4.69) is 16.8 Å². The van der Waals surface area contributed by atoms with E-state index in [1.807, 2.05) is 25.2 Å². The fourth-order valence-corrected chi connectivity index (χ4v) is 2.18. The first-order valence-electron chi connectivity index (χ1n) is 4.16. The molecule has 0 amide bonds. The van der Waals surface area contributed by atoms with Crippen LogP contribution in [0, 0.1) is 0 Å². The maximum atomic E-state index is 5.35. The van der Waals surface area contributed by atoms with Gasteiger partial charge in [-0.05, 0) is 30.6 Å². The van der Waals surface area contributed by atoms with Crippen LogP contribution in [0.2, 0.25) is 0 Å². The van der Waals surface area contributed by atoms with Gasteiger partial charge in [-0.3, -0.25) is 0 Å². The third-order valence-corrected chi connectivity index (χ3v) is 2.88. The van der Waals surface area contributed by atoms with Crippen LogP contribution in [-0.4, -0.2) is 7.05 Å². The molecule has 2 aromatic rings. The van der Waals surface area contributed by atoms with Gasteiger partial charge >= 0.3 is 0 Å². The van der Waals surface area contributed by atoms with Gasteiger partial charge in [-0.25, -0.2) is 0 Å². The highest BCUT2D eigenvalue weighted by atomic mass is 32.1. The molecule has 0 saturated carbocycles. The van der Waals surface area contributed by atoms with Crippen molar-refractivity contribution < 1.29 is 4.42 Å². The number of hydrogen-bond donors (Lipinski definition) is 1. The van der Waals surface area contributed by atoms with Gasteiger partial charge in [-0.15, -0.1) is 11.3 Å². The number of furan rings is 1. The molecular formula is C10H11NOS. The highest BCUT2D eigenvalue weighted by Crippen LogP contribution is 2.25. The van der Waals surface area contributed by atoms with Crippen LogP contribution in [-0.2, 0) is 0 Å². The summed E-state index contributed by atoms with van der Waals surface area (Å²) in [7, 11) is 1.94. The fourth-order valence-electron chi connectivity index (χ4n) is 1.34. The summed E-state index contributed by atoms with van der Waals surface area (Å²) >= 11 is 1.73. The van der Waals surface area contributed by atoms with E-state index >= 15 is 0 Å². The van der Waals surface area contributed by atoms with Gasteiger partial charge in [0, 0.05) is 4.88 Å². The van der Waals surface area contributed by atoms with E-state index in [1.54, 1.807) is 17.6 Å². The van der Waals surface area contributed by atoms with E-state index in [0.29, 0.717) is 0 Å². The van der Waals surface area contributed by atoms with Crippen LogP contribution in [0.5, 0.6) is 0 Å². The second kappa shape index (κ2) is 3.77. The normalized spacial score (nSPS) is 13.0. The molecule has 2 aromatic heterocycles. The van der Waals surface area contributed by atoms with Gasteiger partial charge in [-0.2, -0.15) is 0 Å². The van der Waals surface area contributed by atoms with Crippen molar-refractivity contribution in [1.82, 2.24) is 5.32 Å². The predicted molar refractivity (Wildman–Crippen MR) is 53.9 cm³/mol. The first-order valence-corrected chi connectivity index (χ1v) is 5.04. The standard InChI is InChI=1S/C10H11NOS/c1-11-10(8-4-2-6-12-8)9-5-3-7-13-9/h2-7,10-11H,1H3. The van der Waals surface area contributed by atoms with Crippen molar-refractivity contribution in [1.29, 1.82) is 0 Å². The topological polar surface area (TPSA) is 25.2 Å². The molecule has 0 radical (unpaired) electrons. The van der Waals surface area contributed by atoms with Crippen molar-refractivity contribution in [3.8, 4) is 0 Å². The van der Waals surface area contributed by atoms with Crippen molar-refractivity contribution >= 4 is 11.3 Å². The first kappa shape index (κ1) is 8.53. The lowest BCUT2D eigenvalue weighted by Gasteiger charge is -2.10. The van der Waals surface area contributed by atoms with Crippen molar-refractivity contribution in [2.75, 3.05) is 7.05 Å². The van der Waals surface area contributed by atoms with Crippen LogP contribution in [0.3, 0.4) is 0 Å². The summed E-state index contributed by atoms with van der Waals surface area (Å²) in [5, 5.41) is 5.30. The maximum absolute atomic E-state index is 5.35. The van der Waals surface area contributed by atoms with E-state index in [9.17, 15) is 0 Å². The van der Waals surface area contributed by atoms with Gasteiger partial charge in [0.25, 0.3) is 0 Å². The summed E-state index contributed by atoms with van der Waals surface area (Å²) < 4.78 is 5.35. The Morgan fingerprint density at radius 3 is 2.85 bits per heavy atom. The van der Waals surface area contributed by atoms with Crippen molar-refractivity contribution in [2.45, 2.75) is 6.04 Å². The van der Waals surface area contributed by atoms with Gasteiger partial charge in [0.05, 0.1) is 6.26 Å². The van der Waals surface area contributed by atoms with E-state index in [1.165, 1.54) is 4.88 Å². The van der Waals surface area contributed by atoms with E-state index in [4.69, 9.17) is 4.42 Å². The number of thiophene rings is 1. The Kier molecular flexibility index (Phi) is 2.47. The molecule has 3 heteroatoms. The molecule has 0 bridgehead atoms. The van der Waals surface area contributed by atoms with Crippen LogP contribution in [0.4, 0.5) is 0 Å². The fraction of sp³-hybridized carbons (Fsp3) is 0.200. The molecule has 1 unspecified atom stereocenters. The van der Waals surface area contributed by atoms with E-state index in [0.717, 1.165) is 5.76 Å². The highest BCUT2D eigenvalue weighted by Gasteiger charge is 2.14. The summed E-state index contributed by atoms with van der Waals surface area (Å²) in [6.45, 7) is 0. The predicted octanol–water partition coefficient (Wildman–Crippen LogP) is 2.65. The Morgan fingerprint density at radius 1 is 1.38 bits per heavy atom. The lowest BCUT2D eigenvalue weighted by molar-refractivity contribution is 0.466. The molecule has 2 nitrogen and oxygen atoms in total. The van der Waals surface area contributed by atoms with Gasteiger partial charge in [-0.1, -0.05) is 6.07 Å². The Labute approximate surface area is 81.2 Å². The van der Waals surface area contributed by atoms with Crippen LogP contribution < -0.4 is 5.32 Å². The minimum atomic E-state index is 0.190. The Bertz CT molecular complexity index is 305. The zero-order valence-electron chi connectivity index (χ0n) is 7.36. The molecule has 0 aliphatic rings. The van der Waals surface area contributed by atoms with E-state index in [-0.39, 0.29) is 6.04 Å². The summed E-state index contributed by atoms with van der Waals surface area (Å²) in [6.07, 6.45) is 1.70. The van der Waals surface area contributed by atoms with Gasteiger partial charge in [0.2, 0.25) is 0 Å². The highest BCUT2D eigenvalue weighted by molar-refractivity contribution is 7.10. The Morgan fingerprint density at radius 2 is 2.31 bits per heavy atom. The smallest absolute Gasteiger partial charge is 0.126 e. The van der Waals surface area contributed by atoms with Crippen LogP contribution >= 0.6 is 11.3 Å². The SMILES string of the molecule is CNC(c1ccco1)c1cccs1. The van der Waals surface area contributed by atoms with Gasteiger partial charge in [0.1, 0.15) is 11.8 Å². The molecule has 2 rings (SSSR count). The molecule has 0 aliphatic heterocycles. The molecular weight excluding hydrogens is 182 g/mol. The van der Waals surface area contributed by atoms with Gasteiger partial charge < -0.3 is 9.73 Å².